The average Bonchev–Trinajstić information content (AvgIpc) is 2.61. The third-order valence-corrected chi connectivity index (χ3v) is 6.94. The van der Waals surface area contributed by atoms with Gasteiger partial charge in [0.05, 0.1) is 19.3 Å². The van der Waals surface area contributed by atoms with Gasteiger partial charge < -0.3 is 19.9 Å². The van der Waals surface area contributed by atoms with Crippen molar-refractivity contribution in [2.75, 3.05) is 26.4 Å². The van der Waals surface area contributed by atoms with E-state index >= 15 is 0 Å². The van der Waals surface area contributed by atoms with Crippen LogP contribution in [0.5, 0.6) is 5.75 Å². The zero-order valence-corrected chi connectivity index (χ0v) is 16.9. The van der Waals surface area contributed by atoms with Gasteiger partial charge in [-0.1, -0.05) is 18.2 Å². The molecular formula is C23H35NO3. The summed E-state index contributed by atoms with van der Waals surface area (Å²) in [6.45, 7) is 6.15. The van der Waals surface area contributed by atoms with Gasteiger partial charge in [-0.25, -0.2) is 0 Å². The Kier molecular flexibility index (Phi) is 5.77. The number of β-amino-alcohol motifs (C(OH)–C–C–N with tert-alkyl or cyclic N) is 1. The molecule has 150 valence electrons. The lowest BCUT2D eigenvalue weighted by Crippen LogP contribution is -2.59. The summed E-state index contributed by atoms with van der Waals surface area (Å²) >= 11 is 0. The summed E-state index contributed by atoms with van der Waals surface area (Å²) in [4.78, 5) is 0. The van der Waals surface area contributed by atoms with E-state index in [1.807, 2.05) is 6.07 Å². The molecule has 0 aromatic heterocycles. The Morgan fingerprint density at radius 3 is 2.22 bits per heavy atom. The molecule has 4 aliphatic rings. The fraction of sp³-hybridized carbons (Fsp3) is 0.739. The quantitative estimate of drug-likeness (QED) is 0.649. The lowest BCUT2D eigenvalue weighted by Gasteiger charge is -2.57. The fourth-order valence-electron chi connectivity index (χ4n) is 6.17. The summed E-state index contributed by atoms with van der Waals surface area (Å²) in [6, 6.07) is 6.16. The SMILES string of the molecule is Cc1cccc(C)c1OCCOCC(O)CNC12CC3CC(CC(C3)C1)C2. The number of hydrogen-bond acceptors (Lipinski definition) is 4. The van der Waals surface area contributed by atoms with Crippen molar-refractivity contribution in [1.29, 1.82) is 0 Å². The molecule has 1 aromatic rings. The second-order valence-corrected chi connectivity index (χ2v) is 9.38. The number of ether oxygens (including phenoxy) is 2. The maximum absolute atomic E-state index is 10.3. The van der Waals surface area contributed by atoms with Crippen molar-refractivity contribution in [3.05, 3.63) is 29.3 Å². The molecule has 0 radical (unpaired) electrons. The van der Waals surface area contributed by atoms with Crippen molar-refractivity contribution in [3.63, 3.8) is 0 Å². The molecule has 2 N–H and O–H groups in total. The van der Waals surface area contributed by atoms with Crippen LogP contribution in [0, 0.1) is 31.6 Å². The molecule has 0 aliphatic heterocycles. The molecule has 5 rings (SSSR count). The van der Waals surface area contributed by atoms with Gasteiger partial charge in [-0.15, -0.1) is 0 Å². The summed E-state index contributed by atoms with van der Waals surface area (Å²) < 4.78 is 11.5. The first-order chi connectivity index (χ1) is 13.0. The predicted molar refractivity (Wildman–Crippen MR) is 107 cm³/mol. The number of hydrogen-bond donors (Lipinski definition) is 2. The van der Waals surface area contributed by atoms with Crippen molar-refractivity contribution < 1.29 is 14.6 Å². The van der Waals surface area contributed by atoms with Crippen LogP contribution in [0.3, 0.4) is 0 Å². The third kappa shape index (κ3) is 4.49. The minimum Gasteiger partial charge on any atom is -0.491 e. The molecule has 4 nitrogen and oxygen atoms in total. The molecule has 0 saturated heterocycles. The Hall–Kier alpha value is -1.10. The van der Waals surface area contributed by atoms with Crippen LogP contribution in [0.15, 0.2) is 18.2 Å². The standard InChI is InChI=1S/C23H35NO3/c1-16-4-3-5-17(2)22(16)27-7-6-26-15-21(25)14-24-23-11-18-8-19(12-23)10-20(9-18)13-23/h3-5,18-21,24-25H,6-15H2,1-2H3. The minimum absolute atomic E-state index is 0.307. The molecule has 0 spiro atoms. The summed E-state index contributed by atoms with van der Waals surface area (Å²) in [6.07, 6.45) is 7.85. The van der Waals surface area contributed by atoms with E-state index in [1.165, 1.54) is 38.5 Å². The molecule has 4 saturated carbocycles. The number of aliphatic hydroxyl groups excluding tert-OH is 1. The van der Waals surface area contributed by atoms with Gasteiger partial charge in [-0.3, -0.25) is 0 Å². The van der Waals surface area contributed by atoms with Crippen LogP contribution in [0.1, 0.15) is 49.7 Å². The number of aliphatic hydroxyl groups is 1. The minimum atomic E-state index is -0.446. The zero-order valence-electron chi connectivity index (χ0n) is 16.9. The molecule has 0 heterocycles. The maximum atomic E-state index is 10.3. The summed E-state index contributed by atoms with van der Waals surface area (Å²) in [5.41, 5.74) is 2.60. The zero-order chi connectivity index (χ0) is 18.9. The van der Waals surface area contributed by atoms with Crippen molar-refractivity contribution in [1.82, 2.24) is 5.32 Å². The Balaban J connectivity index is 1.14. The van der Waals surface area contributed by atoms with Gasteiger partial charge in [-0.2, -0.15) is 0 Å². The molecule has 1 atom stereocenters. The largest absolute Gasteiger partial charge is 0.491 e. The lowest BCUT2D eigenvalue weighted by atomic mass is 9.53. The van der Waals surface area contributed by atoms with Gasteiger partial charge in [0.25, 0.3) is 0 Å². The van der Waals surface area contributed by atoms with Crippen LogP contribution in [0.4, 0.5) is 0 Å². The Labute approximate surface area is 163 Å². The van der Waals surface area contributed by atoms with Crippen LogP contribution in [0.25, 0.3) is 0 Å². The number of aryl methyl sites for hydroxylation is 2. The molecule has 0 amide bonds. The highest BCUT2D eigenvalue weighted by Gasteiger charge is 2.50. The number of benzene rings is 1. The summed E-state index contributed by atoms with van der Waals surface area (Å²) in [5.74, 6) is 3.74. The number of para-hydroxylation sites is 1. The summed E-state index contributed by atoms with van der Waals surface area (Å²) in [5, 5.41) is 14.1. The van der Waals surface area contributed by atoms with E-state index in [9.17, 15) is 5.11 Å². The van der Waals surface area contributed by atoms with E-state index in [2.05, 4.69) is 31.3 Å². The first-order valence-electron chi connectivity index (χ1n) is 10.7. The van der Waals surface area contributed by atoms with E-state index in [0.717, 1.165) is 34.6 Å². The molecule has 27 heavy (non-hydrogen) atoms. The van der Waals surface area contributed by atoms with Crippen LogP contribution < -0.4 is 10.1 Å². The predicted octanol–water partition coefficient (Wildman–Crippen LogP) is 3.62. The Bertz CT molecular complexity index is 589. The second kappa shape index (κ2) is 8.10. The highest BCUT2D eigenvalue weighted by Crippen LogP contribution is 2.55. The molecular weight excluding hydrogens is 338 g/mol. The molecule has 4 bridgehead atoms. The molecule has 1 unspecified atom stereocenters. The average molecular weight is 374 g/mol. The molecule has 1 aromatic carbocycles. The van der Waals surface area contributed by atoms with E-state index in [1.54, 1.807) is 0 Å². The second-order valence-electron chi connectivity index (χ2n) is 9.38. The van der Waals surface area contributed by atoms with Crippen LogP contribution in [0.2, 0.25) is 0 Å². The van der Waals surface area contributed by atoms with Gasteiger partial charge in [0.1, 0.15) is 12.4 Å². The Morgan fingerprint density at radius 2 is 1.63 bits per heavy atom. The summed E-state index contributed by atoms with van der Waals surface area (Å²) in [7, 11) is 0. The maximum Gasteiger partial charge on any atom is 0.125 e. The third-order valence-electron chi connectivity index (χ3n) is 6.94. The highest BCUT2D eigenvalue weighted by molar-refractivity contribution is 5.39. The van der Waals surface area contributed by atoms with Gasteiger partial charge in [0, 0.05) is 12.1 Å². The molecule has 4 aliphatic carbocycles. The Morgan fingerprint density at radius 1 is 1.04 bits per heavy atom. The first kappa shape index (κ1) is 19.2. The van der Waals surface area contributed by atoms with Gasteiger partial charge in [-0.05, 0) is 81.3 Å². The first-order valence-corrected chi connectivity index (χ1v) is 10.7. The van der Waals surface area contributed by atoms with Gasteiger partial charge in [0.2, 0.25) is 0 Å². The van der Waals surface area contributed by atoms with Crippen molar-refractivity contribution in [3.8, 4) is 5.75 Å². The van der Waals surface area contributed by atoms with Crippen LogP contribution >= 0.6 is 0 Å². The normalized spacial score (nSPS) is 32.6. The van der Waals surface area contributed by atoms with E-state index in [4.69, 9.17) is 9.47 Å². The van der Waals surface area contributed by atoms with Crippen LogP contribution in [-0.2, 0) is 4.74 Å². The lowest BCUT2D eigenvalue weighted by molar-refractivity contribution is -0.0318. The highest BCUT2D eigenvalue weighted by atomic mass is 16.5. The molecule has 4 heteroatoms. The van der Waals surface area contributed by atoms with Gasteiger partial charge in [0.15, 0.2) is 0 Å². The number of nitrogens with one attached hydrogen (secondary N) is 1. The van der Waals surface area contributed by atoms with E-state index < -0.39 is 6.10 Å². The van der Waals surface area contributed by atoms with Crippen molar-refractivity contribution in [2.24, 2.45) is 17.8 Å². The van der Waals surface area contributed by atoms with Crippen molar-refractivity contribution >= 4 is 0 Å². The van der Waals surface area contributed by atoms with E-state index in [-0.39, 0.29) is 0 Å². The topological polar surface area (TPSA) is 50.7 Å². The van der Waals surface area contributed by atoms with Crippen LogP contribution in [-0.4, -0.2) is 43.1 Å². The number of rotatable bonds is 9. The monoisotopic (exact) mass is 373 g/mol. The smallest absolute Gasteiger partial charge is 0.125 e. The molecule has 4 fully saturated rings. The fourth-order valence-corrected chi connectivity index (χ4v) is 6.17. The van der Waals surface area contributed by atoms with E-state index in [0.29, 0.717) is 31.9 Å². The van der Waals surface area contributed by atoms with Crippen molar-refractivity contribution in [2.45, 2.75) is 64.0 Å². The van der Waals surface area contributed by atoms with Gasteiger partial charge >= 0.3 is 0 Å².